The average Bonchev–Trinajstić information content (AvgIpc) is 2.38. The molecule has 0 aromatic heterocycles. The number of piperidine rings is 1. The maximum Gasteiger partial charge on any atom is 0.324 e. The Hall–Kier alpha value is -0.650. The van der Waals surface area contributed by atoms with Gasteiger partial charge >= 0.3 is 5.97 Å². The summed E-state index contributed by atoms with van der Waals surface area (Å²) >= 11 is 0. The van der Waals surface area contributed by atoms with Crippen LogP contribution in [-0.4, -0.2) is 63.9 Å². The number of likely N-dealkylation sites (tertiary alicyclic amines) is 1. The maximum absolute atomic E-state index is 11.6. The number of rotatable bonds is 7. The van der Waals surface area contributed by atoms with E-state index in [9.17, 15) is 4.79 Å². The molecule has 0 saturated carbocycles. The van der Waals surface area contributed by atoms with Crippen molar-refractivity contribution in [1.29, 1.82) is 0 Å². The van der Waals surface area contributed by atoms with Gasteiger partial charge in [-0.25, -0.2) is 0 Å². The quantitative estimate of drug-likeness (QED) is 0.674. The van der Waals surface area contributed by atoms with Gasteiger partial charge in [0.1, 0.15) is 6.04 Å². The second-order valence-corrected chi connectivity index (χ2v) is 4.86. The van der Waals surface area contributed by atoms with Crippen molar-refractivity contribution in [3.63, 3.8) is 0 Å². The van der Waals surface area contributed by atoms with Crippen LogP contribution in [0.4, 0.5) is 0 Å². The lowest BCUT2D eigenvalue weighted by molar-refractivity contribution is -0.143. The number of likely N-dealkylation sites (N-methyl/N-ethyl adjacent to an activating group) is 1. The lowest BCUT2D eigenvalue weighted by Crippen LogP contribution is -2.49. The lowest BCUT2D eigenvalue weighted by Gasteiger charge is -2.34. The lowest BCUT2D eigenvalue weighted by atomic mass is 9.98. The van der Waals surface area contributed by atoms with Crippen LogP contribution in [0.5, 0.6) is 0 Å². The molecule has 0 aromatic carbocycles. The van der Waals surface area contributed by atoms with Gasteiger partial charge in [0.25, 0.3) is 0 Å². The SMILES string of the molecule is CCNC(CN1CCCC(COC)C1)C(=O)OC. The van der Waals surface area contributed by atoms with Gasteiger partial charge in [0.05, 0.1) is 13.7 Å². The fourth-order valence-corrected chi connectivity index (χ4v) is 2.56. The van der Waals surface area contributed by atoms with Gasteiger partial charge in [0.2, 0.25) is 0 Å². The summed E-state index contributed by atoms with van der Waals surface area (Å²) in [6.07, 6.45) is 2.39. The first-order valence-electron chi connectivity index (χ1n) is 6.73. The Morgan fingerprint density at radius 1 is 1.50 bits per heavy atom. The van der Waals surface area contributed by atoms with E-state index in [1.54, 1.807) is 7.11 Å². The molecule has 0 aromatic rings. The molecule has 1 saturated heterocycles. The Morgan fingerprint density at radius 2 is 2.28 bits per heavy atom. The first kappa shape index (κ1) is 15.4. The molecule has 1 fully saturated rings. The van der Waals surface area contributed by atoms with Crippen LogP contribution in [0.1, 0.15) is 19.8 Å². The van der Waals surface area contributed by atoms with E-state index in [0.717, 1.165) is 32.8 Å². The zero-order valence-corrected chi connectivity index (χ0v) is 11.8. The van der Waals surface area contributed by atoms with Crippen molar-refractivity contribution >= 4 is 5.97 Å². The van der Waals surface area contributed by atoms with Crippen molar-refractivity contribution < 1.29 is 14.3 Å². The van der Waals surface area contributed by atoms with Crippen LogP contribution in [0.25, 0.3) is 0 Å². The molecule has 0 radical (unpaired) electrons. The molecule has 0 aliphatic carbocycles. The van der Waals surface area contributed by atoms with Gasteiger partial charge in [-0.05, 0) is 31.8 Å². The van der Waals surface area contributed by atoms with Gasteiger partial charge in [-0.15, -0.1) is 0 Å². The monoisotopic (exact) mass is 258 g/mol. The Kier molecular flexibility index (Phi) is 7.23. The van der Waals surface area contributed by atoms with Crippen molar-refractivity contribution in [3.05, 3.63) is 0 Å². The normalized spacial score (nSPS) is 22.7. The Bertz CT molecular complexity index is 246. The summed E-state index contributed by atoms with van der Waals surface area (Å²) in [6.45, 7) is 6.36. The molecule has 0 spiro atoms. The van der Waals surface area contributed by atoms with Gasteiger partial charge in [-0.2, -0.15) is 0 Å². The number of carbonyl (C=O) groups is 1. The second-order valence-electron chi connectivity index (χ2n) is 4.86. The third-order valence-electron chi connectivity index (χ3n) is 3.38. The van der Waals surface area contributed by atoms with Gasteiger partial charge < -0.3 is 19.7 Å². The van der Waals surface area contributed by atoms with Crippen molar-refractivity contribution in [2.75, 3.05) is 47.0 Å². The smallest absolute Gasteiger partial charge is 0.324 e. The predicted octanol–water partition coefficient (Wildman–Crippen LogP) is 0.496. The summed E-state index contributed by atoms with van der Waals surface area (Å²) < 4.78 is 10.0. The van der Waals surface area contributed by atoms with Crippen LogP contribution < -0.4 is 5.32 Å². The zero-order valence-electron chi connectivity index (χ0n) is 11.8. The third-order valence-corrected chi connectivity index (χ3v) is 3.38. The van der Waals surface area contributed by atoms with Crippen LogP contribution in [0.2, 0.25) is 0 Å². The summed E-state index contributed by atoms with van der Waals surface area (Å²) in [5.41, 5.74) is 0. The molecule has 5 nitrogen and oxygen atoms in total. The second kappa shape index (κ2) is 8.45. The highest BCUT2D eigenvalue weighted by atomic mass is 16.5. The van der Waals surface area contributed by atoms with E-state index in [4.69, 9.17) is 9.47 Å². The molecular formula is C13H26N2O3. The molecule has 1 heterocycles. The summed E-state index contributed by atoms with van der Waals surface area (Å²) in [5, 5.41) is 3.18. The predicted molar refractivity (Wildman–Crippen MR) is 70.5 cm³/mol. The van der Waals surface area contributed by atoms with Crippen molar-refractivity contribution in [3.8, 4) is 0 Å². The Balaban J connectivity index is 2.44. The number of nitrogens with zero attached hydrogens (tertiary/aromatic N) is 1. The molecular weight excluding hydrogens is 232 g/mol. The van der Waals surface area contributed by atoms with Gasteiger partial charge in [-0.3, -0.25) is 4.79 Å². The van der Waals surface area contributed by atoms with Crippen LogP contribution >= 0.6 is 0 Å². The molecule has 1 aliphatic heterocycles. The highest BCUT2D eigenvalue weighted by molar-refractivity contribution is 5.75. The fourth-order valence-electron chi connectivity index (χ4n) is 2.56. The van der Waals surface area contributed by atoms with E-state index >= 15 is 0 Å². The maximum atomic E-state index is 11.6. The Morgan fingerprint density at radius 3 is 2.89 bits per heavy atom. The standard InChI is InChI=1S/C13H26N2O3/c1-4-14-12(13(16)18-3)9-15-7-5-6-11(8-15)10-17-2/h11-12,14H,4-10H2,1-3H3. The minimum atomic E-state index is -0.221. The number of hydrogen-bond acceptors (Lipinski definition) is 5. The van der Waals surface area contributed by atoms with Crippen molar-refractivity contribution in [2.45, 2.75) is 25.8 Å². The van der Waals surface area contributed by atoms with E-state index in [2.05, 4.69) is 10.2 Å². The number of nitrogens with one attached hydrogen (secondary N) is 1. The van der Waals surface area contributed by atoms with Crippen LogP contribution in [0.3, 0.4) is 0 Å². The molecule has 0 bridgehead atoms. The largest absolute Gasteiger partial charge is 0.468 e. The third kappa shape index (κ3) is 4.92. The highest BCUT2D eigenvalue weighted by Gasteiger charge is 2.25. The van der Waals surface area contributed by atoms with Gasteiger partial charge in [0, 0.05) is 20.2 Å². The Labute approximate surface area is 110 Å². The van der Waals surface area contributed by atoms with Crippen LogP contribution in [0, 0.1) is 5.92 Å². The minimum Gasteiger partial charge on any atom is -0.468 e. The molecule has 18 heavy (non-hydrogen) atoms. The van der Waals surface area contributed by atoms with Crippen molar-refractivity contribution in [2.24, 2.45) is 5.92 Å². The number of esters is 1. The van der Waals surface area contributed by atoms with E-state index < -0.39 is 0 Å². The fraction of sp³-hybridized carbons (Fsp3) is 0.923. The molecule has 1 rings (SSSR count). The van der Waals surface area contributed by atoms with E-state index in [1.165, 1.54) is 20.0 Å². The molecule has 5 heteroatoms. The van der Waals surface area contributed by atoms with Crippen LogP contribution in [-0.2, 0) is 14.3 Å². The number of hydrogen-bond donors (Lipinski definition) is 1. The number of methoxy groups -OCH3 is 2. The molecule has 106 valence electrons. The average molecular weight is 258 g/mol. The summed E-state index contributed by atoms with van der Waals surface area (Å²) in [6, 6.07) is -0.221. The molecule has 2 unspecified atom stereocenters. The van der Waals surface area contributed by atoms with Gasteiger partial charge in [0.15, 0.2) is 0 Å². The summed E-state index contributed by atoms with van der Waals surface area (Å²) in [4.78, 5) is 14.0. The first-order chi connectivity index (χ1) is 8.71. The van der Waals surface area contributed by atoms with Gasteiger partial charge in [-0.1, -0.05) is 6.92 Å². The zero-order chi connectivity index (χ0) is 13.4. The number of carbonyl (C=O) groups excluding carboxylic acids is 1. The molecule has 0 amide bonds. The molecule has 2 atom stereocenters. The topological polar surface area (TPSA) is 50.8 Å². The van der Waals surface area contributed by atoms with E-state index in [0.29, 0.717) is 5.92 Å². The number of ether oxygens (including phenoxy) is 2. The summed E-state index contributed by atoms with van der Waals surface area (Å²) in [7, 11) is 3.19. The van der Waals surface area contributed by atoms with Crippen molar-refractivity contribution in [1.82, 2.24) is 10.2 Å². The minimum absolute atomic E-state index is 0.175. The highest BCUT2D eigenvalue weighted by Crippen LogP contribution is 2.16. The first-order valence-corrected chi connectivity index (χ1v) is 6.73. The summed E-state index contributed by atoms with van der Waals surface area (Å²) in [5.74, 6) is 0.411. The van der Waals surface area contributed by atoms with E-state index in [1.807, 2.05) is 6.92 Å². The molecule has 1 aliphatic rings. The molecule has 1 N–H and O–H groups in total. The van der Waals surface area contributed by atoms with Crippen LogP contribution in [0.15, 0.2) is 0 Å². The van der Waals surface area contributed by atoms with E-state index in [-0.39, 0.29) is 12.0 Å².